The Bertz CT molecular complexity index is 825. The maximum atomic E-state index is 13.3. The molecule has 2 aliphatic rings. The van der Waals surface area contributed by atoms with Crippen LogP contribution in [0.15, 0.2) is 52.3 Å². The van der Waals surface area contributed by atoms with Gasteiger partial charge in [0, 0.05) is 42.0 Å². The summed E-state index contributed by atoms with van der Waals surface area (Å²) in [5.41, 5.74) is 1.87. The van der Waals surface area contributed by atoms with Crippen molar-refractivity contribution in [2.75, 3.05) is 51.8 Å². The van der Waals surface area contributed by atoms with Crippen LogP contribution < -0.4 is 9.64 Å². The Hall–Kier alpha value is -1.73. The molecule has 0 atom stereocenters. The number of likely N-dealkylation sites (N-methyl/N-ethyl adjacent to an activating group) is 1. The number of hydrogen-bond donors (Lipinski definition) is 0. The van der Waals surface area contributed by atoms with Gasteiger partial charge in [0.1, 0.15) is 5.75 Å². The largest absolute Gasteiger partial charge is 0.497 e. The molecule has 2 aromatic rings. The van der Waals surface area contributed by atoms with Crippen LogP contribution in [0.2, 0.25) is 0 Å². The van der Waals surface area contributed by atoms with E-state index < -0.39 is 0 Å². The van der Waals surface area contributed by atoms with Crippen molar-refractivity contribution in [2.24, 2.45) is 0 Å². The summed E-state index contributed by atoms with van der Waals surface area (Å²) in [4.78, 5) is 21.9. The number of methoxy groups -OCH3 is 1. The molecule has 2 aromatic carbocycles. The first-order valence-electron chi connectivity index (χ1n) is 8.84. The van der Waals surface area contributed by atoms with E-state index >= 15 is 0 Å². The van der Waals surface area contributed by atoms with Crippen molar-refractivity contribution in [2.45, 2.75) is 9.79 Å². The summed E-state index contributed by atoms with van der Waals surface area (Å²) in [5, 5.41) is 0. The zero-order valence-electron chi connectivity index (χ0n) is 15.6. The molecule has 0 aromatic heterocycles. The van der Waals surface area contributed by atoms with Crippen LogP contribution in [0.4, 0.5) is 11.4 Å². The van der Waals surface area contributed by atoms with Crippen molar-refractivity contribution < 1.29 is 9.53 Å². The molecule has 7 heteroatoms. The second-order valence-electron chi connectivity index (χ2n) is 6.71. The number of hydrogen-bond acceptors (Lipinski definition) is 5. The van der Waals surface area contributed by atoms with Crippen LogP contribution in [-0.4, -0.2) is 62.6 Å². The van der Waals surface area contributed by atoms with E-state index in [0.717, 1.165) is 53.1 Å². The number of halogens is 1. The van der Waals surface area contributed by atoms with Gasteiger partial charge in [0.2, 0.25) is 5.91 Å². The summed E-state index contributed by atoms with van der Waals surface area (Å²) in [7, 11) is 3.78. The van der Waals surface area contributed by atoms with Gasteiger partial charge >= 0.3 is 0 Å². The normalized spacial score (nSPS) is 16.9. The highest BCUT2D eigenvalue weighted by Crippen LogP contribution is 2.49. The fraction of sp³-hybridized carbons (Fsp3) is 0.350. The second-order valence-corrected chi connectivity index (χ2v) is 7.80. The summed E-state index contributed by atoms with van der Waals surface area (Å²) in [6, 6.07) is 14.0. The summed E-state index contributed by atoms with van der Waals surface area (Å²) in [6.07, 6.45) is 0. The molecule has 0 saturated carbocycles. The monoisotopic (exact) mass is 405 g/mol. The number of carbonyl (C=O) groups excluding carboxylic acids is 1. The van der Waals surface area contributed by atoms with E-state index in [1.165, 1.54) is 0 Å². The van der Waals surface area contributed by atoms with Gasteiger partial charge in [0.05, 0.1) is 25.0 Å². The van der Waals surface area contributed by atoms with E-state index in [0.29, 0.717) is 6.54 Å². The first-order valence-corrected chi connectivity index (χ1v) is 9.66. The predicted molar refractivity (Wildman–Crippen MR) is 112 cm³/mol. The molecule has 5 nitrogen and oxygen atoms in total. The molecule has 2 aliphatic heterocycles. The molecule has 1 fully saturated rings. The SMILES string of the molecule is COc1ccc2c(c1)N(C(=O)CN1CCN(C)CC1)c1ccccc1S2.Cl. The van der Waals surface area contributed by atoms with Crippen LogP contribution in [0.1, 0.15) is 0 Å². The standard InChI is InChI=1S/C20H23N3O2S.ClH/c1-21-9-11-22(12-10-21)14-20(24)23-16-5-3-4-6-18(16)26-19-8-7-15(25-2)13-17(19)23;/h3-8,13H,9-12,14H2,1-2H3;1H. The Labute approximate surface area is 170 Å². The van der Waals surface area contributed by atoms with Crippen LogP contribution in [0, 0.1) is 0 Å². The van der Waals surface area contributed by atoms with E-state index in [9.17, 15) is 4.79 Å². The fourth-order valence-corrected chi connectivity index (χ4v) is 4.44. The average Bonchev–Trinajstić information content (AvgIpc) is 2.67. The van der Waals surface area contributed by atoms with E-state index in [1.54, 1.807) is 18.9 Å². The zero-order valence-corrected chi connectivity index (χ0v) is 17.2. The molecule has 1 saturated heterocycles. The van der Waals surface area contributed by atoms with Gasteiger partial charge in [-0.3, -0.25) is 14.6 Å². The molecule has 1 amide bonds. The lowest BCUT2D eigenvalue weighted by molar-refractivity contribution is -0.119. The van der Waals surface area contributed by atoms with E-state index in [-0.39, 0.29) is 18.3 Å². The number of ether oxygens (including phenoxy) is 1. The molecular formula is C20H24ClN3O2S. The van der Waals surface area contributed by atoms with E-state index in [4.69, 9.17) is 4.74 Å². The summed E-state index contributed by atoms with van der Waals surface area (Å²) >= 11 is 1.70. The third kappa shape index (κ3) is 4.09. The number of nitrogens with zero attached hydrogens (tertiary/aromatic N) is 3. The Morgan fingerprint density at radius 1 is 1.04 bits per heavy atom. The van der Waals surface area contributed by atoms with Gasteiger partial charge in [-0.15, -0.1) is 12.4 Å². The topological polar surface area (TPSA) is 36.0 Å². The minimum atomic E-state index is 0. The maximum absolute atomic E-state index is 13.3. The molecule has 0 aliphatic carbocycles. The van der Waals surface area contributed by atoms with Crippen molar-refractivity contribution in [1.82, 2.24) is 9.80 Å². The van der Waals surface area contributed by atoms with Crippen LogP contribution in [0.5, 0.6) is 5.75 Å². The van der Waals surface area contributed by atoms with Gasteiger partial charge in [-0.1, -0.05) is 23.9 Å². The third-order valence-electron chi connectivity index (χ3n) is 4.94. The highest BCUT2D eigenvalue weighted by atomic mass is 35.5. The van der Waals surface area contributed by atoms with Crippen molar-refractivity contribution in [3.05, 3.63) is 42.5 Å². The van der Waals surface area contributed by atoms with Crippen LogP contribution in [0.25, 0.3) is 0 Å². The molecule has 4 rings (SSSR count). The van der Waals surface area contributed by atoms with Crippen molar-refractivity contribution in [1.29, 1.82) is 0 Å². The van der Waals surface area contributed by atoms with Crippen LogP contribution in [-0.2, 0) is 4.79 Å². The number of benzene rings is 2. The minimum absolute atomic E-state index is 0. The van der Waals surface area contributed by atoms with Crippen LogP contribution in [0.3, 0.4) is 0 Å². The molecule has 0 radical (unpaired) electrons. The lowest BCUT2D eigenvalue weighted by Crippen LogP contribution is -2.48. The molecule has 0 spiro atoms. The van der Waals surface area contributed by atoms with Gasteiger partial charge in [-0.2, -0.15) is 0 Å². The number of anilines is 2. The van der Waals surface area contributed by atoms with E-state index in [2.05, 4.69) is 22.9 Å². The highest BCUT2D eigenvalue weighted by Gasteiger charge is 2.30. The predicted octanol–water partition coefficient (Wildman–Crippen LogP) is 3.49. The number of amides is 1. The van der Waals surface area contributed by atoms with E-state index in [1.807, 2.05) is 41.3 Å². The number of carbonyl (C=O) groups is 1. The molecule has 27 heavy (non-hydrogen) atoms. The molecule has 144 valence electrons. The van der Waals surface area contributed by atoms with Gasteiger partial charge in [0.15, 0.2) is 0 Å². The Morgan fingerprint density at radius 2 is 1.74 bits per heavy atom. The number of rotatable bonds is 3. The van der Waals surface area contributed by atoms with Gasteiger partial charge in [-0.25, -0.2) is 0 Å². The number of para-hydroxylation sites is 1. The smallest absolute Gasteiger partial charge is 0.245 e. The molecule has 0 bridgehead atoms. The molecule has 0 N–H and O–H groups in total. The number of piperazine rings is 1. The van der Waals surface area contributed by atoms with Gasteiger partial charge in [-0.05, 0) is 31.3 Å². The zero-order chi connectivity index (χ0) is 18.1. The fourth-order valence-electron chi connectivity index (χ4n) is 3.40. The first-order chi connectivity index (χ1) is 12.7. The Kier molecular flexibility index (Phi) is 6.32. The summed E-state index contributed by atoms with van der Waals surface area (Å²) < 4.78 is 5.39. The van der Waals surface area contributed by atoms with Crippen LogP contribution >= 0.6 is 24.2 Å². The number of fused-ring (bicyclic) bond motifs is 2. The first kappa shape index (κ1) is 20.0. The van der Waals surface area contributed by atoms with Gasteiger partial charge < -0.3 is 9.64 Å². The second kappa shape index (κ2) is 8.52. The van der Waals surface area contributed by atoms with Crippen molar-refractivity contribution in [3.8, 4) is 5.75 Å². The molecular weight excluding hydrogens is 382 g/mol. The third-order valence-corrected chi connectivity index (χ3v) is 6.07. The van der Waals surface area contributed by atoms with Crippen molar-refractivity contribution in [3.63, 3.8) is 0 Å². The summed E-state index contributed by atoms with van der Waals surface area (Å²) in [5.74, 6) is 0.873. The van der Waals surface area contributed by atoms with Gasteiger partial charge in [0.25, 0.3) is 0 Å². The maximum Gasteiger partial charge on any atom is 0.245 e. The quantitative estimate of drug-likeness (QED) is 0.781. The van der Waals surface area contributed by atoms with Crippen molar-refractivity contribution >= 4 is 41.5 Å². The average molecular weight is 406 g/mol. The minimum Gasteiger partial charge on any atom is -0.497 e. The molecule has 0 unspecified atom stereocenters. The lowest BCUT2D eigenvalue weighted by Gasteiger charge is -2.35. The lowest BCUT2D eigenvalue weighted by atomic mass is 10.2. The Morgan fingerprint density at radius 3 is 2.48 bits per heavy atom. The summed E-state index contributed by atoms with van der Waals surface area (Å²) in [6.45, 7) is 4.30. The highest BCUT2D eigenvalue weighted by molar-refractivity contribution is 7.99. The molecule has 2 heterocycles. The Balaban J connectivity index is 0.00000210.